The largest absolute Gasteiger partial charge is 0.325 e. The van der Waals surface area contributed by atoms with Gasteiger partial charge in [0.15, 0.2) is 0 Å². The van der Waals surface area contributed by atoms with Crippen LogP contribution in [-0.4, -0.2) is 9.55 Å². The highest BCUT2D eigenvalue weighted by atomic mass is 35.5. The van der Waals surface area contributed by atoms with Crippen molar-refractivity contribution in [2.24, 2.45) is 12.8 Å². The Labute approximate surface area is 113 Å². The molecule has 2 aromatic rings. The monoisotopic (exact) mass is 263 g/mol. The molecular weight excluding hydrogens is 246 g/mol. The van der Waals surface area contributed by atoms with E-state index in [9.17, 15) is 0 Å². The van der Waals surface area contributed by atoms with Gasteiger partial charge in [-0.25, -0.2) is 4.98 Å². The second-order valence-electron chi connectivity index (χ2n) is 4.71. The van der Waals surface area contributed by atoms with Crippen LogP contribution in [0, 0.1) is 20.8 Å². The first kappa shape index (κ1) is 13.1. The van der Waals surface area contributed by atoms with Crippen molar-refractivity contribution in [1.29, 1.82) is 0 Å². The van der Waals surface area contributed by atoms with Gasteiger partial charge in [-0.1, -0.05) is 29.3 Å². The number of nitrogens with two attached hydrogens (primary N) is 1. The maximum Gasteiger partial charge on any atom is 0.141 e. The van der Waals surface area contributed by atoms with Crippen LogP contribution in [0.5, 0.6) is 0 Å². The lowest BCUT2D eigenvalue weighted by atomic mass is 9.99. The fourth-order valence-electron chi connectivity index (χ4n) is 2.42. The zero-order valence-corrected chi connectivity index (χ0v) is 12.0. The van der Waals surface area contributed by atoms with Crippen LogP contribution in [0.4, 0.5) is 0 Å². The van der Waals surface area contributed by atoms with Crippen molar-refractivity contribution < 1.29 is 0 Å². The fraction of sp³-hybridized carbons (Fsp3) is 0.357. The van der Waals surface area contributed by atoms with Crippen LogP contribution < -0.4 is 5.73 Å². The van der Waals surface area contributed by atoms with Gasteiger partial charge in [0, 0.05) is 19.2 Å². The van der Waals surface area contributed by atoms with Gasteiger partial charge in [-0.05, 0) is 31.9 Å². The van der Waals surface area contributed by atoms with E-state index < -0.39 is 0 Å². The number of imidazole rings is 1. The Balaban J connectivity index is 2.70. The molecule has 0 saturated carbocycles. The van der Waals surface area contributed by atoms with Crippen LogP contribution in [0.25, 0.3) is 11.4 Å². The van der Waals surface area contributed by atoms with Crippen molar-refractivity contribution in [2.45, 2.75) is 27.3 Å². The Morgan fingerprint density at radius 2 is 1.78 bits per heavy atom. The highest BCUT2D eigenvalue weighted by molar-refractivity contribution is 6.30. The van der Waals surface area contributed by atoms with E-state index in [2.05, 4.69) is 37.9 Å². The molecule has 1 aromatic heterocycles. The Bertz CT molecular complexity index is 576. The van der Waals surface area contributed by atoms with Crippen LogP contribution in [0.3, 0.4) is 0 Å². The third-order valence-corrected chi connectivity index (χ3v) is 3.66. The summed E-state index contributed by atoms with van der Waals surface area (Å²) >= 11 is 6.22. The molecule has 0 spiro atoms. The van der Waals surface area contributed by atoms with E-state index in [-0.39, 0.29) is 0 Å². The van der Waals surface area contributed by atoms with Gasteiger partial charge in [0.05, 0.1) is 5.69 Å². The molecule has 0 bridgehead atoms. The molecule has 18 heavy (non-hydrogen) atoms. The molecule has 1 heterocycles. The van der Waals surface area contributed by atoms with Crippen LogP contribution in [0.1, 0.15) is 22.4 Å². The molecule has 0 radical (unpaired) electrons. The molecule has 96 valence electrons. The van der Waals surface area contributed by atoms with Crippen LogP contribution in [0.2, 0.25) is 5.15 Å². The van der Waals surface area contributed by atoms with Crippen molar-refractivity contribution in [2.75, 3.05) is 0 Å². The van der Waals surface area contributed by atoms with Crippen molar-refractivity contribution in [3.05, 3.63) is 39.7 Å². The predicted molar refractivity (Wildman–Crippen MR) is 75.8 cm³/mol. The van der Waals surface area contributed by atoms with E-state index in [1.54, 1.807) is 0 Å². The standard InChI is InChI=1S/C14H18ClN3/c1-8-5-9(2)12(10(3)6-8)14-17-11(7-16)13(15)18(14)4/h5-6H,7,16H2,1-4H3. The second kappa shape index (κ2) is 4.75. The number of nitrogens with zero attached hydrogens (tertiary/aromatic N) is 2. The highest BCUT2D eigenvalue weighted by Crippen LogP contribution is 2.30. The quantitative estimate of drug-likeness (QED) is 0.905. The fourth-order valence-corrected chi connectivity index (χ4v) is 2.62. The lowest BCUT2D eigenvalue weighted by Crippen LogP contribution is -1.97. The average Bonchev–Trinajstić information content (AvgIpc) is 2.56. The van der Waals surface area contributed by atoms with E-state index in [1.807, 2.05) is 11.6 Å². The summed E-state index contributed by atoms with van der Waals surface area (Å²) in [5, 5.41) is 0.617. The Kier molecular flexibility index (Phi) is 3.46. The molecule has 0 saturated heterocycles. The summed E-state index contributed by atoms with van der Waals surface area (Å²) in [6, 6.07) is 4.32. The van der Waals surface area contributed by atoms with Crippen LogP contribution >= 0.6 is 11.6 Å². The van der Waals surface area contributed by atoms with Gasteiger partial charge in [0.2, 0.25) is 0 Å². The van der Waals surface area contributed by atoms with Crippen molar-refractivity contribution >= 4 is 11.6 Å². The smallest absolute Gasteiger partial charge is 0.141 e. The van der Waals surface area contributed by atoms with Crippen LogP contribution in [-0.2, 0) is 13.6 Å². The summed E-state index contributed by atoms with van der Waals surface area (Å²) in [6.45, 7) is 6.65. The molecule has 0 aliphatic rings. The average molecular weight is 264 g/mol. The van der Waals surface area contributed by atoms with Gasteiger partial charge in [-0.2, -0.15) is 0 Å². The van der Waals surface area contributed by atoms with Crippen LogP contribution in [0.15, 0.2) is 12.1 Å². The zero-order chi connectivity index (χ0) is 13.4. The van der Waals surface area contributed by atoms with E-state index in [4.69, 9.17) is 17.3 Å². The molecule has 0 unspecified atom stereocenters. The summed E-state index contributed by atoms with van der Waals surface area (Å²) in [6.07, 6.45) is 0. The van der Waals surface area contributed by atoms with Crippen molar-refractivity contribution in [3.63, 3.8) is 0 Å². The topological polar surface area (TPSA) is 43.8 Å². The molecule has 4 heteroatoms. The van der Waals surface area contributed by atoms with E-state index >= 15 is 0 Å². The normalized spacial score (nSPS) is 11.0. The Morgan fingerprint density at radius 3 is 2.22 bits per heavy atom. The number of hydrogen-bond acceptors (Lipinski definition) is 2. The summed E-state index contributed by atoms with van der Waals surface area (Å²) in [4.78, 5) is 4.56. The lowest BCUT2D eigenvalue weighted by molar-refractivity contribution is 0.919. The van der Waals surface area contributed by atoms with Gasteiger partial charge in [0.1, 0.15) is 11.0 Å². The summed E-state index contributed by atoms with van der Waals surface area (Å²) in [5.74, 6) is 0.885. The number of aromatic nitrogens is 2. The lowest BCUT2D eigenvalue weighted by Gasteiger charge is -2.11. The van der Waals surface area contributed by atoms with Gasteiger partial charge in [-0.15, -0.1) is 0 Å². The first-order valence-electron chi connectivity index (χ1n) is 5.95. The van der Waals surface area contributed by atoms with E-state index in [1.165, 1.54) is 16.7 Å². The van der Waals surface area contributed by atoms with Gasteiger partial charge < -0.3 is 10.3 Å². The summed E-state index contributed by atoms with van der Waals surface area (Å²) in [5.41, 5.74) is 11.2. The second-order valence-corrected chi connectivity index (χ2v) is 5.07. The third-order valence-electron chi connectivity index (χ3n) is 3.19. The third kappa shape index (κ3) is 2.04. The van der Waals surface area contributed by atoms with E-state index in [0.717, 1.165) is 17.1 Å². The molecule has 2 rings (SSSR count). The summed E-state index contributed by atoms with van der Waals surface area (Å²) in [7, 11) is 1.92. The van der Waals surface area contributed by atoms with Gasteiger partial charge >= 0.3 is 0 Å². The number of benzene rings is 1. The summed E-state index contributed by atoms with van der Waals surface area (Å²) < 4.78 is 1.90. The minimum Gasteiger partial charge on any atom is -0.325 e. The molecule has 0 atom stereocenters. The zero-order valence-electron chi connectivity index (χ0n) is 11.2. The van der Waals surface area contributed by atoms with E-state index in [0.29, 0.717) is 11.7 Å². The van der Waals surface area contributed by atoms with Crippen molar-refractivity contribution in [1.82, 2.24) is 9.55 Å². The Hall–Kier alpha value is -1.32. The number of halogens is 1. The first-order valence-corrected chi connectivity index (χ1v) is 6.33. The molecule has 0 amide bonds. The maximum absolute atomic E-state index is 6.22. The van der Waals surface area contributed by atoms with Crippen molar-refractivity contribution in [3.8, 4) is 11.4 Å². The molecular formula is C14H18ClN3. The molecule has 2 N–H and O–H groups in total. The molecule has 3 nitrogen and oxygen atoms in total. The molecule has 0 aliphatic heterocycles. The Morgan fingerprint density at radius 1 is 1.22 bits per heavy atom. The predicted octanol–water partition coefficient (Wildman–Crippen LogP) is 3.12. The van der Waals surface area contributed by atoms with Gasteiger partial charge in [-0.3, -0.25) is 0 Å². The first-order chi connectivity index (χ1) is 8.45. The molecule has 0 fully saturated rings. The SMILES string of the molecule is Cc1cc(C)c(-c2nc(CN)c(Cl)n2C)c(C)c1. The number of rotatable bonds is 2. The minimum absolute atomic E-state index is 0.358. The van der Waals surface area contributed by atoms with Gasteiger partial charge in [0.25, 0.3) is 0 Å². The maximum atomic E-state index is 6.22. The molecule has 0 aliphatic carbocycles. The number of aryl methyl sites for hydroxylation is 3. The highest BCUT2D eigenvalue weighted by Gasteiger charge is 2.16. The number of hydrogen-bond donors (Lipinski definition) is 1. The minimum atomic E-state index is 0.358. The molecule has 1 aromatic carbocycles.